The van der Waals surface area contributed by atoms with Gasteiger partial charge in [-0.25, -0.2) is 0 Å². The summed E-state index contributed by atoms with van der Waals surface area (Å²) in [5.74, 6) is 0.514. The molecule has 25 heavy (non-hydrogen) atoms. The Morgan fingerprint density at radius 3 is 3.00 bits per heavy atom. The van der Waals surface area contributed by atoms with Gasteiger partial charge < -0.3 is 10.2 Å². The largest absolute Gasteiger partial charge is 0.382 e. The number of anilines is 1. The first-order valence-electron chi connectivity index (χ1n) is 8.06. The summed E-state index contributed by atoms with van der Waals surface area (Å²) in [5, 5.41) is 12.5. The second-order valence-corrected chi connectivity index (χ2v) is 7.04. The van der Waals surface area contributed by atoms with Gasteiger partial charge in [-0.15, -0.1) is 0 Å². The van der Waals surface area contributed by atoms with Gasteiger partial charge >= 0.3 is 0 Å². The predicted octanol–water partition coefficient (Wildman–Crippen LogP) is 3.35. The van der Waals surface area contributed by atoms with Crippen LogP contribution in [0.2, 0.25) is 10.0 Å². The number of aryl methyl sites for hydroxylation is 2. The van der Waals surface area contributed by atoms with E-state index in [0.29, 0.717) is 22.2 Å². The Labute approximate surface area is 154 Å². The molecule has 1 aromatic carbocycles. The Balaban J connectivity index is 1.47. The van der Waals surface area contributed by atoms with E-state index in [1.165, 1.54) is 0 Å². The van der Waals surface area contributed by atoms with Crippen molar-refractivity contribution in [1.29, 1.82) is 0 Å². The number of benzene rings is 1. The van der Waals surface area contributed by atoms with E-state index in [9.17, 15) is 4.79 Å². The van der Waals surface area contributed by atoms with Gasteiger partial charge in [-0.3, -0.25) is 9.48 Å². The molecular formula is C17H16Cl2N4O2. The van der Waals surface area contributed by atoms with E-state index >= 15 is 0 Å². The highest BCUT2D eigenvalue weighted by Gasteiger charge is 2.31. The van der Waals surface area contributed by atoms with Crippen molar-refractivity contribution in [1.82, 2.24) is 9.78 Å². The molecule has 1 amide bonds. The number of carbonyl (C=O) groups excluding carboxylic acids is 1. The summed E-state index contributed by atoms with van der Waals surface area (Å²) in [6, 6.07) is 5.16. The number of amides is 1. The van der Waals surface area contributed by atoms with Crippen molar-refractivity contribution in [3.05, 3.63) is 45.1 Å². The summed E-state index contributed by atoms with van der Waals surface area (Å²) in [6.07, 6.45) is 2.64. The molecule has 1 N–H and O–H groups in total. The van der Waals surface area contributed by atoms with Crippen LogP contribution in [0.25, 0.3) is 0 Å². The maximum absolute atomic E-state index is 12.6. The minimum atomic E-state index is -0.686. The average Bonchev–Trinajstić information content (AvgIpc) is 3.26. The lowest BCUT2D eigenvalue weighted by molar-refractivity contribution is -0.125. The van der Waals surface area contributed by atoms with E-state index in [2.05, 4.69) is 15.6 Å². The molecule has 1 aliphatic carbocycles. The zero-order chi connectivity index (χ0) is 17.6. The van der Waals surface area contributed by atoms with Crippen molar-refractivity contribution in [2.75, 3.05) is 5.32 Å². The summed E-state index contributed by atoms with van der Waals surface area (Å²) < 4.78 is 1.72. The number of nitrogens with one attached hydrogen (secondary N) is 1. The third kappa shape index (κ3) is 3.00. The monoisotopic (exact) mass is 378 g/mol. The smallest absolute Gasteiger partial charge is 0.269 e. The normalized spacial score (nSPS) is 18.7. The molecule has 0 saturated heterocycles. The number of carbonyl (C=O) groups is 1. The molecule has 6 nitrogen and oxygen atoms in total. The van der Waals surface area contributed by atoms with Gasteiger partial charge in [0.05, 0.1) is 16.4 Å². The summed E-state index contributed by atoms with van der Waals surface area (Å²) in [5.41, 5.74) is 3.55. The number of halogens is 2. The van der Waals surface area contributed by atoms with Crippen LogP contribution in [0.1, 0.15) is 29.7 Å². The molecule has 1 aliphatic heterocycles. The van der Waals surface area contributed by atoms with Crippen molar-refractivity contribution in [3.8, 4) is 0 Å². The molecule has 1 aromatic heterocycles. The molecule has 0 fully saturated rings. The fraction of sp³-hybridized carbons (Fsp3) is 0.353. The zero-order valence-electron chi connectivity index (χ0n) is 13.6. The molecule has 2 aromatic rings. The number of rotatable bonds is 3. The molecule has 130 valence electrons. The Morgan fingerprint density at radius 2 is 2.20 bits per heavy atom. The van der Waals surface area contributed by atoms with Crippen molar-refractivity contribution < 1.29 is 9.63 Å². The molecule has 4 rings (SSSR count). The Kier molecular flexibility index (Phi) is 4.17. The molecular weight excluding hydrogens is 363 g/mol. The Hall–Kier alpha value is -2.05. The second-order valence-electron chi connectivity index (χ2n) is 6.20. The number of aromatic nitrogens is 2. The summed E-state index contributed by atoms with van der Waals surface area (Å²) >= 11 is 12.1. The van der Waals surface area contributed by atoms with Crippen molar-refractivity contribution in [2.24, 2.45) is 12.2 Å². The number of hydrogen-bond acceptors (Lipinski definition) is 4. The number of nitrogens with zero attached hydrogens (tertiary/aromatic N) is 3. The molecule has 1 atom stereocenters. The van der Waals surface area contributed by atoms with Crippen LogP contribution in [-0.4, -0.2) is 27.5 Å². The third-order valence-corrected chi connectivity index (χ3v) is 5.06. The van der Waals surface area contributed by atoms with Crippen LogP contribution >= 0.6 is 23.2 Å². The van der Waals surface area contributed by atoms with E-state index < -0.39 is 6.10 Å². The highest BCUT2D eigenvalue weighted by atomic mass is 35.5. The fourth-order valence-corrected chi connectivity index (χ4v) is 3.79. The van der Waals surface area contributed by atoms with Gasteiger partial charge in [-0.2, -0.15) is 5.10 Å². The molecule has 2 heterocycles. The van der Waals surface area contributed by atoms with Crippen LogP contribution in [0.4, 0.5) is 5.82 Å². The summed E-state index contributed by atoms with van der Waals surface area (Å²) in [4.78, 5) is 17.9. The maximum Gasteiger partial charge on any atom is 0.269 e. The van der Waals surface area contributed by atoms with Crippen LogP contribution in [0, 0.1) is 0 Å². The second kappa shape index (κ2) is 6.35. The van der Waals surface area contributed by atoms with Crippen LogP contribution in [0.15, 0.2) is 23.4 Å². The fourth-order valence-electron chi connectivity index (χ4n) is 3.27. The molecule has 0 saturated carbocycles. The van der Waals surface area contributed by atoms with Gasteiger partial charge in [0.1, 0.15) is 5.82 Å². The average molecular weight is 379 g/mol. The molecule has 0 bridgehead atoms. The van der Waals surface area contributed by atoms with Gasteiger partial charge in [0.2, 0.25) is 6.10 Å². The molecule has 1 unspecified atom stereocenters. The molecule has 2 aliphatic rings. The van der Waals surface area contributed by atoms with Crippen LogP contribution in [0.5, 0.6) is 0 Å². The lowest BCUT2D eigenvalue weighted by Crippen LogP contribution is -2.29. The maximum atomic E-state index is 12.6. The van der Waals surface area contributed by atoms with E-state index in [-0.39, 0.29) is 5.91 Å². The van der Waals surface area contributed by atoms with Crippen molar-refractivity contribution >= 4 is 40.6 Å². The van der Waals surface area contributed by atoms with Crippen LogP contribution < -0.4 is 5.32 Å². The minimum absolute atomic E-state index is 0.235. The molecule has 8 heteroatoms. The van der Waals surface area contributed by atoms with Crippen LogP contribution in [-0.2, 0) is 29.5 Å². The van der Waals surface area contributed by atoms with Gasteiger partial charge in [0.15, 0.2) is 0 Å². The highest BCUT2D eigenvalue weighted by Crippen LogP contribution is 2.29. The van der Waals surface area contributed by atoms with E-state index in [0.717, 1.165) is 41.9 Å². The lowest BCUT2D eigenvalue weighted by Gasteiger charge is -2.11. The predicted molar refractivity (Wildman–Crippen MR) is 96.4 cm³/mol. The zero-order valence-corrected chi connectivity index (χ0v) is 15.1. The first kappa shape index (κ1) is 16.4. The van der Waals surface area contributed by atoms with Crippen molar-refractivity contribution in [2.45, 2.75) is 31.8 Å². The topological polar surface area (TPSA) is 68.5 Å². The third-order valence-electron chi connectivity index (χ3n) is 4.51. The Bertz CT molecular complexity index is 891. The molecule has 0 radical (unpaired) electrons. The lowest BCUT2D eigenvalue weighted by atomic mass is 10.0. The number of oxime groups is 1. The van der Waals surface area contributed by atoms with Crippen LogP contribution in [0.3, 0.4) is 0 Å². The quantitative estimate of drug-likeness (QED) is 0.890. The van der Waals surface area contributed by atoms with E-state index in [4.69, 9.17) is 28.0 Å². The number of fused-ring (bicyclic) bond motifs is 1. The standard InChI is InChI=1S/C17H16Cl2N4O2/c1-23-16(11-3-2-4-13(11)21-23)20-17(24)15-8-14(22-25-15)10-6-5-9(18)7-12(10)19/h5-7,15H,2-4,8H2,1H3,(H,20,24). The first-order valence-corrected chi connectivity index (χ1v) is 8.82. The first-order chi connectivity index (χ1) is 12.0. The van der Waals surface area contributed by atoms with E-state index in [1.807, 2.05) is 7.05 Å². The van der Waals surface area contributed by atoms with Crippen molar-refractivity contribution in [3.63, 3.8) is 0 Å². The highest BCUT2D eigenvalue weighted by molar-refractivity contribution is 6.37. The SMILES string of the molecule is Cn1nc2c(c1NC(=O)C1CC(c3ccc(Cl)cc3Cl)=NO1)CCC2. The van der Waals surface area contributed by atoms with E-state index in [1.54, 1.807) is 22.9 Å². The Morgan fingerprint density at radius 1 is 1.36 bits per heavy atom. The molecule has 0 spiro atoms. The minimum Gasteiger partial charge on any atom is -0.382 e. The van der Waals surface area contributed by atoms with Gasteiger partial charge in [0.25, 0.3) is 5.91 Å². The summed E-state index contributed by atoms with van der Waals surface area (Å²) in [7, 11) is 1.83. The summed E-state index contributed by atoms with van der Waals surface area (Å²) in [6.45, 7) is 0. The van der Waals surface area contributed by atoms with Gasteiger partial charge in [-0.1, -0.05) is 34.4 Å². The van der Waals surface area contributed by atoms with Gasteiger partial charge in [0, 0.05) is 29.6 Å². The number of hydrogen-bond donors (Lipinski definition) is 1. The van der Waals surface area contributed by atoms with Gasteiger partial charge in [-0.05, 0) is 31.4 Å².